The van der Waals surface area contributed by atoms with Gasteiger partial charge in [-0.2, -0.15) is 0 Å². The number of carbonyl (C=O) groups excluding carboxylic acids is 1. The Labute approximate surface area is 148 Å². The number of furan rings is 1. The van der Waals surface area contributed by atoms with Crippen LogP contribution in [0, 0.1) is 24.0 Å². The highest BCUT2D eigenvalue weighted by atomic mass is 32.1. The number of allylic oxidation sites excluding steroid dienone is 1. The summed E-state index contributed by atoms with van der Waals surface area (Å²) in [6.45, 7) is 3.90. The molecule has 25 heavy (non-hydrogen) atoms. The van der Waals surface area contributed by atoms with Crippen molar-refractivity contribution in [3.8, 4) is 11.3 Å². The first-order valence-electron chi connectivity index (χ1n) is 7.58. The first kappa shape index (κ1) is 16.9. The third kappa shape index (κ3) is 3.75. The lowest BCUT2D eigenvalue weighted by Crippen LogP contribution is -1.93. The maximum Gasteiger partial charge on any atom is 0.269 e. The summed E-state index contributed by atoms with van der Waals surface area (Å²) in [5, 5.41) is 10.7. The zero-order valence-corrected chi connectivity index (χ0v) is 14.5. The minimum absolute atomic E-state index is 0.0300. The summed E-state index contributed by atoms with van der Waals surface area (Å²) < 4.78 is 5.69. The predicted octanol–water partition coefficient (Wildman–Crippen LogP) is 5.43. The van der Waals surface area contributed by atoms with E-state index in [0.29, 0.717) is 17.1 Å². The van der Waals surface area contributed by atoms with Crippen molar-refractivity contribution in [1.29, 1.82) is 0 Å². The highest BCUT2D eigenvalue weighted by molar-refractivity contribution is 7.12. The summed E-state index contributed by atoms with van der Waals surface area (Å²) in [6.07, 6.45) is 3.12. The molecule has 0 aliphatic carbocycles. The van der Waals surface area contributed by atoms with Crippen LogP contribution in [-0.2, 0) is 0 Å². The predicted molar refractivity (Wildman–Crippen MR) is 98.0 cm³/mol. The van der Waals surface area contributed by atoms with Crippen LogP contribution in [-0.4, -0.2) is 10.7 Å². The monoisotopic (exact) mass is 353 g/mol. The number of hydrogen-bond acceptors (Lipinski definition) is 5. The van der Waals surface area contributed by atoms with E-state index in [-0.39, 0.29) is 11.5 Å². The van der Waals surface area contributed by atoms with Crippen molar-refractivity contribution < 1.29 is 14.1 Å². The summed E-state index contributed by atoms with van der Waals surface area (Å²) in [6, 6.07) is 11.5. The Kier molecular flexibility index (Phi) is 4.63. The van der Waals surface area contributed by atoms with Crippen molar-refractivity contribution in [3.05, 3.63) is 79.7 Å². The lowest BCUT2D eigenvalue weighted by Gasteiger charge is -1.96. The highest BCUT2D eigenvalue weighted by Gasteiger charge is 2.10. The van der Waals surface area contributed by atoms with Crippen LogP contribution in [0.3, 0.4) is 0 Å². The third-order valence-electron chi connectivity index (χ3n) is 3.69. The Hall–Kier alpha value is -2.99. The van der Waals surface area contributed by atoms with Gasteiger partial charge >= 0.3 is 0 Å². The molecule has 0 bridgehead atoms. The third-order valence-corrected chi connectivity index (χ3v) is 4.66. The Morgan fingerprint density at radius 1 is 1.16 bits per heavy atom. The van der Waals surface area contributed by atoms with Gasteiger partial charge < -0.3 is 4.42 Å². The largest absolute Gasteiger partial charge is 0.457 e. The van der Waals surface area contributed by atoms with Gasteiger partial charge in [0, 0.05) is 33.0 Å². The Balaban J connectivity index is 1.76. The average Bonchev–Trinajstić information content (AvgIpc) is 3.19. The van der Waals surface area contributed by atoms with Gasteiger partial charge in [-0.05, 0) is 56.3 Å². The molecule has 0 atom stereocenters. The summed E-state index contributed by atoms with van der Waals surface area (Å²) in [5.74, 6) is 1.07. The number of rotatable bonds is 5. The minimum atomic E-state index is -0.445. The molecule has 1 aromatic carbocycles. The number of thiophene rings is 1. The van der Waals surface area contributed by atoms with Gasteiger partial charge in [0.15, 0.2) is 5.78 Å². The quantitative estimate of drug-likeness (QED) is 0.265. The topological polar surface area (TPSA) is 73.3 Å². The first-order chi connectivity index (χ1) is 11.9. The minimum Gasteiger partial charge on any atom is -0.457 e. The van der Waals surface area contributed by atoms with Crippen molar-refractivity contribution >= 4 is 28.9 Å². The molecule has 0 fully saturated rings. The van der Waals surface area contributed by atoms with Crippen molar-refractivity contribution in [2.24, 2.45) is 0 Å². The van der Waals surface area contributed by atoms with E-state index in [1.165, 1.54) is 18.2 Å². The van der Waals surface area contributed by atoms with Gasteiger partial charge in [-0.25, -0.2) is 0 Å². The van der Waals surface area contributed by atoms with Gasteiger partial charge in [-0.15, -0.1) is 11.3 Å². The maximum atomic E-state index is 12.2. The fourth-order valence-electron chi connectivity index (χ4n) is 2.47. The van der Waals surface area contributed by atoms with Crippen LogP contribution in [0.4, 0.5) is 5.69 Å². The number of ketones is 1. The number of nitrogens with zero attached hydrogens (tertiary/aromatic N) is 1. The molecule has 0 N–H and O–H groups in total. The summed E-state index contributed by atoms with van der Waals surface area (Å²) >= 11 is 1.60. The van der Waals surface area contributed by atoms with E-state index in [4.69, 9.17) is 4.42 Å². The van der Waals surface area contributed by atoms with E-state index in [1.54, 1.807) is 41.7 Å². The number of carbonyl (C=O) groups is 1. The number of hydrogen-bond donors (Lipinski definition) is 0. The normalized spacial score (nSPS) is 11.1. The molecule has 0 spiro atoms. The molecular formula is C19H15NO4S. The number of nitro groups is 1. The van der Waals surface area contributed by atoms with Gasteiger partial charge in [0.1, 0.15) is 11.5 Å². The number of nitro benzene ring substituents is 1. The van der Waals surface area contributed by atoms with E-state index in [2.05, 4.69) is 0 Å². The molecule has 0 unspecified atom stereocenters. The lowest BCUT2D eigenvalue weighted by molar-refractivity contribution is -0.384. The van der Waals surface area contributed by atoms with Crippen LogP contribution in [0.5, 0.6) is 0 Å². The van der Waals surface area contributed by atoms with Crippen molar-refractivity contribution in [2.45, 2.75) is 13.8 Å². The Bertz CT molecular complexity index is 964. The van der Waals surface area contributed by atoms with E-state index in [9.17, 15) is 14.9 Å². The van der Waals surface area contributed by atoms with Gasteiger partial charge in [-0.1, -0.05) is 0 Å². The van der Waals surface area contributed by atoms with Crippen LogP contribution in [0.15, 0.2) is 53.0 Å². The lowest BCUT2D eigenvalue weighted by atomic mass is 10.1. The van der Waals surface area contributed by atoms with Gasteiger partial charge in [-0.3, -0.25) is 14.9 Å². The van der Waals surface area contributed by atoms with Gasteiger partial charge in [0.05, 0.1) is 4.92 Å². The number of benzene rings is 1. The molecule has 3 rings (SSSR count). The smallest absolute Gasteiger partial charge is 0.269 e. The van der Waals surface area contributed by atoms with E-state index in [0.717, 1.165) is 15.3 Å². The van der Waals surface area contributed by atoms with Crippen LogP contribution in [0.1, 0.15) is 25.9 Å². The number of aryl methyl sites for hydroxylation is 2. The van der Waals surface area contributed by atoms with Crippen LogP contribution >= 0.6 is 11.3 Å². The number of non-ortho nitro benzene ring substituents is 1. The summed E-state index contributed by atoms with van der Waals surface area (Å²) in [5.41, 5.74) is 1.48. The standard InChI is InChI=1S/C19H15NO4S/c1-12-11-17(13(2)25-12)18(21)9-7-16-8-10-19(24-16)14-3-5-15(6-4-14)20(22)23/h3-11H,1-2H3/b9-7+. The van der Waals surface area contributed by atoms with E-state index >= 15 is 0 Å². The molecule has 0 amide bonds. The second-order valence-corrected chi connectivity index (χ2v) is 6.99. The molecule has 0 aliphatic heterocycles. The van der Waals surface area contributed by atoms with Crippen molar-refractivity contribution in [2.75, 3.05) is 0 Å². The molecule has 0 aliphatic rings. The molecule has 0 saturated heterocycles. The molecule has 0 radical (unpaired) electrons. The van der Waals surface area contributed by atoms with Gasteiger partial charge in [0.2, 0.25) is 0 Å². The van der Waals surface area contributed by atoms with E-state index in [1.807, 2.05) is 19.9 Å². The van der Waals surface area contributed by atoms with Crippen LogP contribution in [0.2, 0.25) is 0 Å². The van der Waals surface area contributed by atoms with Gasteiger partial charge in [0.25, 0.3) is 5.69 Å². The van der Waals surface area contributed by atoms with Crippen LogP contribution in [0.25, 0.3) is 17.4 Å². The van der Waals surface area contributed by atoms with Crippen LogP contribution < -0.4 is 0 Å². The maximum absolute atomic E-state index is 12.2. The molecular weight excluding hydrogens is 338 g/mol. The second kappa shape index (κ2) is 6.86. The first-order valence-corrected chi connectivity index (χ1v) is 8.40. The SMILES string of the molecule is Cc1cc(C(=O)/C=C/c2ccc(-c3ccc([N+](=O)[O-])cc3)o2)c(C)s1. The Morgan fingerprint density at radius 3 is 2.48 bits per heavy atom. The van der Waals surface area contributed by atoms with Crippen molar-refractivity contribution in [1.82, 2.24) is 0 Å². The second-order valence-electron chi connectivity index (χ2n) is 5.53. The molecule has 5 nitrogen and oxygen atoms in total. The van der Waals surface area contributed by atoms with E-state index < -0.39 is 4.92 Å². The van der Waals surface area contributed by atoms with Crippen molar-refractivity contribution in [3.63, 3.8) is 0 Å². The molecule has 3 aromatic rings. The molecule has 2 aromatic heterocycles. The highest BCUT2D eigenvalue weighted by Crippen LogP contribution is 2.25. The molecule has 2 heterocycles. The summed E-state index contributed by atoms with van der Waals surface area (Å²) in [4.78, 5) is 24.6. The fourth-order valence-corrected chi connectivity index (χ4v) is 3.40. The fraction of sp³-hybridized carbons (Fsp3) is 0.105. The Morgan fingerprint density at radius 2 is 1.88 bits per heavy atom. The molecule has 0 saturated carbocycles. The zero-order valence-electron chi connectivity index (χ0n) is 13.7. The molecule has 6 heteroatoms. The zero-order chi connectivity index (χ0) is 18.0. The average molecular weight is 353 g/mol. The molecule has 126 valence electrons. The summed E-state index contributed by atoms with van der Waals surface area (Å²) in [7, 11) is 0.